The Balaban J connectivity index is 0.00000196. The standard InChI is InChI=1S/C14H21.Li/c1-10-8-11(13(2,3)4)9-12(10)14(5,6)7;/h1,8-9H,2-7H3;/q-1;+1. The van der Waals surface area contributed by atoms with Gasteiger partial charge in [0.25, 0.3) is 0 Å². The molecule has 1 heteroatoms. The molecule has 0 heterocycles. The van der Waals surface area contributed by atoms with Crippen LogP contribution in [0, 0.1) is 17.4 Å². The van der Waals surface area contributed by atoms with Crippen LogP contribution >= 0.6 is 0 Å². The summed E-state index contributed by atoms with van der Waals surface area (Å²) < 4.78 is 0. The minimum atomic E-state index is 0. The maximum Gasteiger partial charge on any atom is 1.00 e. The van der Waals surface area contributed by atoms with Crippen molar-refractivity contribution in [3.8, 4) is 0 Å². The summed E-state index contributed by atoms with van der Waals surface area (Å²) in [6, 6.07) is 0. The normalized spacial score (nSPS) is 17.1. The summed E-state index contributed by atoms with van der Waals surface area (Å²) in [5.74, 6) is 0. The molecule has 0 spiro atoms. The molecule has 15 heavy (non-hydrogen) atoms. The average molecular weight is 196 g/mol. The zero-order valence-electron chi connectivity index (χ0n) is 11.2. The van der Waals surface area contributed by atoms with E-state index in [9.17, 15) is 0 Å². The summed E-state index contributed by atoms with van der Waals surface area (Å²) in [6.07, 6.45) is 4.36. The van der Waals surface area contributed by atoms with Crippen molar-refractivity contribution in [2.24, 2.45) is 10.8 Å². The number of rotatable bonds is 0. The van der Waals surface area contributed by atoms with Crippen molar-refractivity contribution in [2.45, 2.75) is 41.5 Å². The molecule has 1 aliphatic rings. The second-order valence-electron chi connectivity index (χ2n) is 6.11. The average Bonchev–Trinajstić information content (AvgIpc) is 2.27. The van der Waals surface area contributed by atoms with Gasteiger partial charge in [0.05, 0.1) is 0 Å². The predicted octanol–water partition coefficient (Wildman–Crippen LogP) is 1.31. The molecule has 0 nitrogen and oxygen atoms in total. The van der Waals surface area contributed by atoms with Crippen molar-refractivity contribution >= 4 is 0 Å². The Morgan fingerprint density at radius 1 is 0.867 bits per heavy atom. The molecule has 0 fully saturated rings. The molecule has 1 rings (SSSR count). The van der Waals surface area contributed by atoms with Gasteiger partial charge in [0.15, 0.2) is 0 Å². The molecule has 0 saturated heterocycles. The first-order valence-corrected chi connectivity index (χ1v) is 5.19. The molecular formula is C14H21Li. The van der Waals surface area contributed by atoms with E-state index in [1.165, 1.54) is 11.1 Å². The molecule has 0 bridgehead atoms. The molecule has 0 saturated carbocycles. The summed E-state index contributed by atoms with van der Waals surface area (Å²) in [6.45, 7) is 19.3. The van der Waals surface area contributed by atoms with E-state index in [1.807, 2.05) is 0 Å². The van der Waals surface area contributed by atoms with Crippen molar-refractivity contribution < 1.29 is 18.9 Å². The molecule has 0 aliphatic heterocycles. The monoisotopic (exact) mass is 196 g/mol. The molecular weight excluding hydrogens is 175 g/mol. The fraction of sp³-hybridized carbons (Fsp3) is 0.571. The molecule has 0 unspecified atom stereocenters. The molecule has 1 aliphatic carbocycles. The van der Waals surface area contributed by atoms with Crippen molar-refractivity contribution in [1.29, 1.82) is 0 Å². The van der Waals surface area contributed by atoms with Gasteiger partial charge in [-0.15, -0.1) is 17.2 Å². The van der Waals surface area contributed by atoms with Gasteiger partial charge in [0.2, 0.25) is 0 Å². The van der Waals surface area contributed by atoms with E-state index in [0.717, 1.165) is 5.57 Å². The summed E-state index contributed by atoms with van der Waals surface area (Å²) in [4.78, 5) is 0. The van der Waals surface area contributed by atoms with Crippen LogP contribution in [0.15, 0.2) is 28.9 Å². The quantitative estimate of drug-likeness (QED) is 0.405. The first-order chi connectivity index (χ1) is 6.12. The Morgan fingerprint density at radius 2 is 1.33 bits per heavy atom. The third kappa shape index (κ3) is 3.40. The fourth-order valence-corrected chi connectivity index (χ4v) is 1.61. The Morgan fingerprint density at radius 3 is 1.53 bits per heavy atom. The summed E-state index contributed by atoms with van der Waals surface area (Å²) in [5, 5.41) is 0. The number of hydrogen-bond acceptors (Lipinski definition) is 0. The minimum Gasteiger partial charge on any atom is -0.219 e. The van der Waals surface area contributed by atoms with E-state index in [0.29, 0.717) is 0 Å². The number of hydrogen-bond donors (Lipinski definition) is 0. The van der Waals surface area contributed by atoms with Crippen molar-refractivity contribution in [1.82, 2.24) is 0 Å². The van der Waals surface area contributed by atoms with E-state index in [4.69, 9.17) is 6.58 Å². The van der Waals surface area contributed by atoms with Gasteiger partial charge < -0.3 is 0 Å². The van der Waals surface area contributed by atoms with Crippen LogP contribution < -0.4 is 18.9 Å². The minimum absolute atomic E-state index is 0. The molecule has 0 aromatic heterocycles. The van der Waals surface area contributed by atoms with Gasteiger partial charge in [-0.25, -0.2) is 6.58 Å². The molecule has 0 aromatic carbocycles. The van der Waals surface area contributed by atoms with Crippen LogP contribution in [0.2, 0.25) is 0 Å². The molecule has 0 N–H and O–H groups in total. The van der Waals surface area contributed by atoms with Crippen LogP contribution in [0.5, 0.6) is 0 Å². The Labute approximate surface area is 107 Å². The smallest absolute Gasteiger partial charge is 0.219 e. The van der Waals surface area contributed by atoms with Crippen molar-refractivity contribution in [2.75, 3.05) is 0 Å². The second-order valence-corrected chi connectivity index (χ2v) is 6.11. The topological polar surface area (TPSA) is 0 Å². The Bertz CT molecular complexity index is 301. The summed E-state index contributed by atoms with van der Waals surface area (Å²) in [7, 11) is 0. The van der Waals surface area contributed by atoms with Gasteiger partial charge in [-0.05, 0) is 5.41 Å². The van der Waals surface area contributed by atoms with Gasteiger partial charge >= 0.3 is 18.9 Å². The first-order valence-electron chi connectivity index (χ1n) is 5.19. The molecule has 78 valence electrons. The van der Waals surface area contributed by atoms with Crippen LogP contribution in [0.1, 0.15) is 41.5 Å². The zero-order valence-corrected chi connectivity index (χ0v) is 11.2. The van der Waals surface area contributed by atoms with E-state index >= 15 is 0 Å². The van der Waals surface area contributed by atoms with Crippen LogP contribution in [0.25, 0.3) is 0 Å². The predicted molar refractivity (Wildman–Crippen MR) is 62.9 cm³/mol. The van der Waals surface area contributed by atoms with E-state index in [2.05, 4.69) is 53.7 Å². The SMILES string of the molecule is [CH-]=C1C=C(C(C)(C)C)C=C1C(C)(C)C.[Li+]. The molecule has 0 radical (unpaired) electrons. The van der Waals surface area contributed by atoms with Crippen molar-refractivity contribution in [3.05, 3.63) is 35.5 Å². The third-order valence-electron chi connectivity index (χ3n) is 2.60. The molecule has 0 amide bonds. The van der Waals surface area contributed by atoms with Gasteiger partial charge in [0, 0.05) is 0 Å². The zero-order chi connectivity index (χ0) is 11.1. The van der Waals surface area contributed by atoms with Crippen LogP contribution in [-0.4, -0.2) is 0 Å². The van der Waals surface area contributed by atoms with Gasteiger partial charge in [0.1, 0.15) is 0 Å². The first kappa shape index (κ1) is 14.8. The van der Waals surface area contributed by atoms with Crippen LogP contribution in [0.4, 0.5) is 0 Å². The van der Waals surface area contributed by atoms with E-state index in [1.54, 1.807) is 0 Å². The largest absolute Gasteiger partial charge is 1.00 e. The fourth-order valence-electron chi connectivity index (χ4n) is 1.61. The maximum absolute atomic E-state index is 6.02. The van der Waals surface area contributed by atoms with Gasteiger partial charge in [-0.2, -0.15) is 11.6 Å². The third-order valence-corrected chi connectivity index (χ3v) is 2.60. The van der Waals surface area contributed by atoms with E-state index in [-0.39, 0.29) is 29.7 Å². The molecule has 0 atom stereocenters. The summed E-state index contributed by atoms with van der Waals surface area (Å²) >= 11 is 0. The van der Waals surface area contributed by atoms with Crippen LogP contribution in [0.3, 0.4) is 0 Å². The maximum atomic E-state index is 6.02. The van der Waals surface area contributed by atoms with E-state index < -0.39 is 0 Å². The van der Waals surface area contributed by atoms with Gasteiger partial charge in [-0.3, -0.25) is 0 Å². The second kappa shape index (κ2) is 4.36. The number of allylic oxidation sites excluding steroid dienone is 5. The van der Waals surface area contributed by atoms with Crippen molar-refractivity contribution in [3.63, 3.8) is 0 Å². The van der Waals surface area contributed by atoms with Crippen LogP contribution in [-0.2, 0) is 0 Å². The van der Waals surface area contributed by atoms with Gasteiger partial charge in [-0.1, -0.05) is 47.0 Å². The Kier molecular flexibility index (Phi) is 4.31. The molecule has 0 aromatic rings. The Hall–Kier alpha value is -0.183. The summed E-state index contributed by atoms with van der Waals surface area (Å²) in [5.41, 5.74) is 3.87.